The van der Waals surface area contributed by atoms with Crippen LogP contribution in [0.25, 0.3) is 0 Å². The fourth-order valence-corrected chi connectivity index (χ4v) is 2.08. The van der Waals surface area contributed by atoms with Gasteiger partial charge >= 0.3 is 0 Å². The Kier molecular flexibility index (Phi) is 3.58. The number of aromatic nitrogens is 3. The summed E-state index contributed by atoms with van der Waals surface area (Å²) < 4.78 is 8.32. The van der Waals surface area contributed by atoms with E-state index in [2.05, 4.69) is 32.0 Å². The molecule has 0 saturated carbocycles. The van der Waals surface area contributed by atoms with Gasteiger partial charge in [-0.25, -0.2) is 0 Å². The molecule has 5 heteroatoms. The summed E-state index contributed by atoms with van der Waals surface area (Å²) in [5, 5.41) is 3.39. The van der Waals surface area contributed by atoms with Crippen LogP contribution in [0.1, 0.15) is 29.8 Å². The molecule has 1 atom stereocenters. The molecule has 0 aliphatic heterocycles. The summed E-state index contributed by atoms with van der Waals surface area (Å²) in [6, 6.07) is 2.22. The second kappa shape index (κ2) is 5.14. The van der Waals surface area contributed by atoms with Gasteiger partial charge in [0.25, 0.3) is 0 Å². The number of hydrogen-bond donors (Lipinski definition) is 1. The van der Waals surface area contributed by atoms with Gasteiger partial charge in [-0.05, 0) is 24.6 Å². The molecule has 4 nitrogen and oxygen atoms in total. The van der Waals surface area contributed by atoms with E-state index in [1.54, 1.807) is 6.20 Å². The predicted octanol–water partition coefficient (Wildman–Crippen LogP) is 1.94. The van der Waals surface area contributed by atoms with Crippen molar-refractivity contribution in [2.45, 2.75) is 19.9 Å². The van der Waals surface area contributed by atoms with E-state index in [9.17, 15) is 0 Å². The van der Waals surface area contributed by atoms with E-state index < -0.39 is 0 Å². The molecule has 0 aliphatic carbocycles. The largest absolute Gasteiger partial charge is 0.305 e. The van der Waals surface area contributed by atoms with Crippen molar-refractivity contribution < 1.29 is 0 Å². The quantitative estimate of drug-likeness (QED) is 0.878. The fourth-order valence-electron chi connectivity index (χ4n) is 1.63. The highest BCUT2D eigenvalue weighted by atomic mass is 32.1. The zero-order chi connectivity index (χ0) is 11.4. The maximum absolute atomic E-state index is 4.28. The normalized spacial score (nSPS) is 12.6. The van der Waals surface area contributed by atoms with Gasteiger partial charge in [0.05, 0.1) is 29.7 Å². The highest BCUT2D eigenvalue weighted by Gasteiger charge is 2.15. The lowest BCUT2D eigenvalue weighted by Gasteiger charge is -2.15. The lowest BCUT2D eigenvalue weighted by molar-refractivity contribution is 0.617. The maximum Gasteiger partial charge on any atom is 0.0958 e. The van der Waals surface area contributed by atoms with Crippen LogP contribution in [0, 0.1) is 6.92 Å². The third-order valence-electron chi connectivity index (χ3n) is 2.31. The molecule has 0 aliphatic rings. The molecule has 0 aromatic carbocycles. The van der Waals surface area contributed by atoms with Crippen molar-refractivity contribution in [3.63, 3.8) is 0 Å². The highest BCUT2D eigenvalue weighted by Crippen LogP contribution is 2.20. The van der Waals surface area contributed by atoms with Crippen molar-refractivity contribution in [1.29, 1.82) is 0 Å². The lowest BCUT2D eigenvalue weighted by atomic mass is 10.1. The van der Waals surface area contributed by atoms with E-state index in [1.807, 2.05) is 19.3 Å². The SMILES string of the molecule is CCNC(c1cncc(C)c1)c1cnsn1. The highest BCUT2D eigenvalue weighted by molar-refractivity contribution is 6.99. The number of hydrogen-bond acceptors (Lipinski definition) is 5. The lowest BCUT2D eigenvalue weighted by Crippen LogP contribution is -2.22. The van der Waals surface area contributed by atoms with Gasteiger partial charge in [-0.15, -0.1) is 0 Å². The Morgan fingerprint density at radius 2 is 2.25 bits per heavy atom. The Morgan fingerprint density at radius 1 is 1.38 bits per heavy atom. The van der Waals surface area contributed by atoms with Crippen molar-refractivity contribution in [3.05, 3.63) is 41.5 Å². The van der Waals surface area contributed by atoms with Gasteiger partial charge in [0.15, 0.2) is 0 Å². The van der Waals surface area contributed by atoms with Crippen LogP contribution in [-0.2, 0) is 0 Å². The average molecular weight is 234 g/mol. The van der Waals surface area contributed by atoms with Crippen LogP contribution < -0.4 is 5.32 Å². The second-order valence-electron chi connectivity index (χ2n) is 3.62. The van der Waals surface area contributed by atoms with Crippen molar-refractivity contribution in [3.8, 4) is 0 Å². The van der Waals surface area contributed by atoms with Crippen molar-refractivity contribution in [1.82, 2.24) is 19.0 Å². The molecule has 16 heavy (non-hydrogen) atoms. The molecule has 0 saturated heterocycles. The Balaban J connectivity index is 2.33. The molecule has 2 aromatic heterocycles. The summed E-state index contributed by atoms with van der Waals surface area (Å²) >= 11 is 1.23. The summed E-state index contributed by atoms with van der Waals surface area (Å²) in [4.78, 5) is 4.21. The molecular formula is C11H14N4S. The van der Waals surface area contributed by atoms with E-state index in [1.165, 1.54) is 11.7 Å². The summed E-state index contributed by atoms with van der Waals surface area (Å²) in [6.07, 6.45) is 5.53. The molecular weight excluding hydrogens is 220 g/mol. The molecule has 2 aromatic rings. The second-order valence-corrected chi connectivity index (χ2v) is 4.18. The number of aryl methyl sites for hydroxylation is 1. The van der Waals surface area contributed by atoms with Gasteiger partial charge in [-0.2, -0.15) is 8.75 Å². The average Bonchev–Trinajstić information content (AvgIpc) is 2.79. The number of nitrogens with zero attached hydrogens (tertiary/aromatic N) is 3. The first-order valence-electron chi connectivity index (χ1n) is 5.23. The molecule has 0 radical (unpaired) electrons. The summed E-state index contributed by atoms with van der Waals surface area (Å²) in [5.41, 5.74) is 3.25. The maximum atomic E-state index is 4.28. The monoisotopic (exact) mass is 234 g/mol. The van der Waals surface area contributed by atoms with E-state index in [4.69, 9.17) is 0 Å². The smallest absolute Gasteiger partial charge is 0.0958 e. The first-order chi connectivity index (χ1) is 7.81. The molecule has 0 spiro atoms. The van der Waals surface area contributed by atoms with E-state index in [-0.39, 0.29) is 6.04 Å². The van der Waals surface area contributed by atoms with Crippen molar-refractivity contribution >= 4 is 11.7 Å². The van der Waals surface area contributed by atoms with Crippen molar-refractivity contribution in [2.75, 3.05) is 6.54 Å². The Hall–Kier alpha value is -1.33. The van der Waals surface area contributed by atoms with Gasteiger partial charge in [0, 0.05) is 12.4 Å². The third kappa shape index (κ3) is 2.43. The molecule has 0 bridgehead atoms. The topological polar surface area (TPSA) is 50.7 Å². The van der Waals surface area contributed by atoms with Crippen LogP contribution in [0.5, 0.6) is 0 Å². The first kappa shape index (κ1) is 11.2. The molecule has 2 heterocycles. The molecule has 2 rings (SSSR count). The fraction of sp³-hybridized carbons (Fsp3) is 0.364. The first-order valence-corrected chi connectivity index (χ1v) is 5.96. The minimum atomic E-state index is 0.0937. The molecule has 84 valence electrons. The van der Waals surface area contributed by atoms with Crippen LogP contribution in [-0.4, -0.2) is 20.3 Å². The van der Waals surface area contributed by atoms with Crippen LogP contribution in [0.3, 0.4) is 0 Å². The zero-order valence-electron chi connectivity index (χ0n) is 9.34. The Morgan fingerprint density at radius 3 is 2.88 bits per heavy atom. The Labute approximate surface area is 99.1 Å². The van der Waals surface area contributed by atoms with Gasteiger partial charge in [0.2, 0.25) is 0 Å². The number of rotatable bonds is 4. The van der Waals surface area contributed by atoms with Crippen LogP contribution in [0.2, 0.25) is 0 Å². The van der Waals surface area contributed by atoms with Crippen LogP contribution >= 0.6 is 11.7 Å². The summed E-state index contributed by atoms with van der Waals surface area (Å²) in [6.45, 7) is 5.00. The van der Waals surface area contributed by atoms with Crippen LogP contribution in [0.4, 0.5) is 0 Å². The molecule has 1 unspecified atom stereocenters. The number of pyridine rings is 1. The summed E-state index contributed by atoms with van der Waals surface area (Å²) in [7, 11) is 0. The van der Waals surface area contributed by atoms with Crippen LogP contribution in [0.15, 0.2) is 24.7 Å². The van der Waals surface area contributed by atoms with Gasteiger partial charge in [-0.1, -0.05) is 13.0 Å². The standard InChI is InChI=1S/C11H14N4S/c1-3-13-11(10-7-14-16-15-10)9-4-8(2)5-12-6-9/h4-7,11,13H,3H2,1-2H3. The van der Waals surface area contributed by atoms with Crippen molar-refractivity contribution in [2.24, 2.45) is 0 Å². The summed E-state index contributed by atoms with van der Waals surface area (Å²) in [5.74, 6) is 0. The van der Waals surface area contributed by atoms with E-state index >= 15 is 0 Å². The van der Waals surface area contributed by atoms with Gasteiger partial charge in [-0.3, -0.25) is 4.98 Å². The van der Waals surface area contributed by atoms with Gasteiger partial charge in [0.1, 0.15) is 0 Å². The molecule has 0 fully saturated rings. The van der Waals surface area contributed by atoms with E-state index in [0.29, 0.717) is 0 Å². The zero-order valence-corrected chi connectivity index (χ0v) is 10.2. The van der Waals surface area contributed by atoms with Gasteiger partial charge < -0.3 is 5.32 Å². The number of nitrogens with one attached hydrogen (secondary N) is 1. The van der Waals surface area contributed by atoms with E-state index in [0.717, 1.165) is 23.4 Å². The minimum absolute atomic E-state index is 0.0937. The Bertz CT molecular complexity index is 441. The minimum Gasteiger partial charge on any atom is -0.305 e. The molecule has 1 N–H and O–H groups in total. The molecule has 0 amide bonds. The third-order valence-corrected chi connectivity index (χ3v) is 2.80. The predicted molar refractivity (Wildman–Crippen MR) is 64.4 cm³/mol.